The predicted octanol–water partition coefficient (Wildman–Crippen LogP) is 3.68. The molecule has 4 heteroatoms. The van der Waals surface area contributed by atoms with Crippen LogP contribution < -0.4 is 5.32 Å². The zero-order valence-corrected chi connectivity index (χ0v) is 14.0. The van der Waals surface area contributed by atoms with Crippen LogP contribution in [-0.4, -0.2) is 10.5 Å². The third kappa shape index (κ3) is 2.58. The second-order valence-electron chi connectivity index (χ2n) is 7.23. The molecule has 0 saturated carbocycles. The molecule has 1 aliphatic carbocycles. The lowest BCUT2D eigenvalue weighted by molar-refractivity contribution is 0.0909. The lowest BCUT2D eigenvalue weighted by Crippen LogP contribution is -2.36. The zero-order valence-electron chi connectivity index (χ0n) is 14.0. The monoisotopic (exact) mass is 300 g/mol. The molecule has 0 fully saturated rings. The highest BCUT2D eigenvalue weighted by atomic mass is 16.3. The van der Waals surface area contributed by atoms with Crippen LogP contribution in [0.15, 0.2) is 22.6 Å². The van der Waals surface area contributed by atoms with E-state index in [0.717, 1.165) is 35.6 Å². The van der Waals surface area contributed by atoms with E-state index in [9.17, 15) is 4.79 Å². The number of carbonyl (C=O) groups is 1. The third-order valence-electron chi connectivity index (χ3n) is 4.65. The van der Waals surface area contributed by atoms with Crippen molar-refractivity contribution in [3.8, 4) is 0 Å². The summed E-state index contributed by atoms with van der Waals surface area (Å²) in [5.41, 5.74) is 3.03. The Morgan fingerprint density at radius 1 is 1.36 bits per heavy atom. The standard InChI is InChI=1S/C18H24N2O2/c1-11-6-7-15(20(11)5)17(21)19-14-9-18(3,4)10-16-13(14)8-12(2)22-16/h6-8,14H,9-10H2,1-5H3,(H,19,21). The molecule has 2 aromatic heterocycles. The SMILES string of the molecule is Cc1cc2c(o1)CC(C)(C)CC2NC(=O)c1ccc(C)n1C. The molecule has 1 N–H and O–H groups in total. The second kappa shape index (κ2) is 5.04. The van der Waals surface area contributed by atoms with Gasteiger partial charge >= 0.3 is 0 Å². The first-order valence-electron chi connectivity index (χ1n) is 7.79. The minimum absolute atomic E-state index is 0.0129. The maximum Gasteiger partial charge on any atom is 0.268 e. The zero-order chi connectivity index (χ0) is 16.1. The highest BCUT2D eigenvalue weighted by Gasteiger charge is 2.35. The van der Waals surface area contributed by atoms with Crippen molar-refractivity contribution in [2.75, 3.05) is 0 Å². The molecule has 0 aliphatic heterocycles. The van der Waals surface area contributed by atoms with E-state index >= 15 is 0 Å². The average molecular weight is 300 g/mol. The van der Waals surface area contributed by atoms with E-state index in [4.69, 9.17) is 4.42 Å². The summed E-state index contributed by atoms with van der Waals surface area (Å²) in [5, 5.41) is 3.19. The fourth-order valence-electron chi connectivity index (χ4n) is 3.39. The molecule has 1 atom stereocenters. The van der Waals surface area contributed by atoms with Crippen molar-refractivity contribution in [3.05, 3.63) is 46.7 Å². The lowest BCUT2D eigenvalue weighted by atomic mass is 9.74. The quantitative estimate of drug-likeness (QED) is 0.919. The summed E-state index contributed by atoms with van der Waals surface area (Å²) in [4.78, 5) is 12.6. The molecule has 0 bridgehead atoms. The summed E-state index contributed by atoms with van der Waals surface area (Å²) < 4.78 is 7.75. The number of rotatable bonds is 2. The number of fused-ring (bicyclic) bond motifs is 1. The number of hydrogen-bond acceptors (Lipinski definition) is 2. The van der Waals surface area contributed by atoms with Gasteiger partial charge in [-0.15, -0.1) is 0 Å². The predicted molar refractivity (Wildman–Crippen MR) is 85.9 cm³/mol. The van der Waals surface area contributed by atoms with Crippen LogP contribution in [0.4, 0.5) is 0 Å². The molecule has 118 valence electrons. The van der Waals surface area contributed by atoms with Gasteiger partial charge in [0.1, 0.15) is 17.2 Å². The Bertz CT molecular complexity index is 722. The van der Waals surface area contributed by atoms with Crippen LogP contribution in [0.5, 0.6) is 0 Å². The van der Waals surface area contributed by atoms with E-state index in [1.165, 1.54) is 0 Å². The van der Waals surface area contributed by atoms with E-state index in [0.29, 0.717) is 5.69 Å². The maximum absolute atomic E-state index is 12.6. The van der Waals surface area contributed by atoms with Crippen LogP contribution in [0.25, 0.3) is 0 Å². The summed E-state index contributed by atoms with van der Waals surface area (Å²) in [6.07, 6.45) is 1.85. The molecule has 1 amide bonds. The van der Waals surface area contributed by atoms with Crippen molar-refractivity contribution < 1.29 is 9.21 Å². The molecule has 3 rings (SSSR count). The second-order valence-corrected chi connectivity index (χ2v) is 7.23. The number of nitrogens with one attached hydrogen (secondary N) is 1. The Hall–Kier alpha value is -1.97. The van der Waals surface area contributed by atoms with Gasteiger partial charge in [0, 0.05) is 24.7 Å². The van der Waals surface area contributed by atoms with Crippen LogP contribution in [-0.2, 0) is 13.5 Å². The Kier molecular flexibility index (Phi) is 3.42. The molecule has 4 nitrogen and oxygen atoms in total. The number of amides is 1. The van der Waals surface area contributed by atoms with Crippen molar-refractivity contribution in [2.24, 2.45) is 12.5 Å². The molecule has 2 heterocycles. The van der Waals surface area contributed by atoms with Gasteiger partial charge in [-0.05, 0) is 43.9 Å². The molecular formula is C18H24N2O2. The molecule has 22 heavy (non-hydrogen) atoms. The first-order valence-corrected chi connectivity index (χ1v) is 7.79. The Morgan fingerprint density at radius 2 is 2.09 bits per heavy atom. The van der Waals surface area contributed by atoms with Gasteiger partial charge in [0.15, 0.2) is 0 Å². The van der Waals surface area contributed by atoms with Gasteiger partial charge in [-0.2, -0.15) is 0 Å². The van der Waals surface area contributed by atoms with Crippen LogP contribution in [0, 0.1) is 19.3 Å². The molecular weight excluding hydrogens is 276 g/mol. The smallest absolute Gasteiger partial charge is 0.268 e. The van der Waals surface area contributed by atoms with Crippen molar-refractivity contribution in [2.45, 2.75) is 46.6 Å². The molecule has 1 unspecified atom stereocenters. The normalized spacial score (nSPS) is 19.8. The maximum atomic E-state index is 12.6. The average Bonchev–Trinajstić information content (AvgIpc) is 2.92. The van der Waals surface area contributed by atoms with E-state index in [1.54, 1.807) is 0 Å². The highest BCUT2D eigenvalue weighted by Crippen LogP contribution is 2.42. The summed E-state index contributed by atoms with van der Waals surface area (Å²) in [6, 6.07) is 5.91. The van der Waals surface area contributed by atoms with Crippen molar-refractivity contribution in [3.63, 3.8) is 0 Å². The summed E-state index contributed by atoms with van der Waals surface area (Å²) in [6.45, 7) is 8.40. The Balaban J connectivity index is 1.88. The molecule has 1 aliphatic rings. The van der Waals surface area contributed by atoms with Gasteiger partial charge in [-0.3, -0.25) is 4.79 Å². The lowest BCUT2D eigenvalue weighted by Gasteiger charge is -2.34. The van der Waals surface area contributed by atoms with Crippen LogP contribution in [0.2, 0.25) is 0 Å². The number of nitrogens with zero attached hydrogens (tertiary/aromatic N) is 1. The van der Waals surface area contributed by atoms with Gasteiger partial charge in [-0.25, -0.2) is 0 Å². The van der Waals surface area contributed by atoms with E-state index in [1.807, 2.05) is 37.6 Å². The van der Waals surface area contributed by atoms with Gasteiger partial charge in [-0.1, -0.05) is 13.8 Å². The minimum Gasteiger partial charge on any atom is -0.466 e. The fourth-order valence-corrected chi connectivity index (χ4v) is 3.39. The third-order valence-corrected chi connectivity index (χ3v) is 4.65. The minimum atomic E-state index is -0.0249. The summed E-state index contributed by atoms with van der Waals surface area (Å²) in [5.74, 6) is 1.90. The highest BCUT2D eigenvalue weighted by molar-refractivity contribution is 5.93. The molecule has 0 saturated heterocycles. The van der Waals surface area contributed by atoms with E-state index in [2.05, 4.69) is 25.2 Å². The van der Waals surface area contributed by atoms with Gasteiger partial charge in [0.2, 0.25) is 0 Å². The summed E-state index contributed by atoms with van der Waals surface area (Å²) in [7, 11) is 1.92. The van der Waals surface area contributed by atoms with Gasteiger partial charge < -0.3 is 14.3 Å². The van der Waals surface area contributed by atoms with E-state index < -0.39 is 0 Å². The number of carbonyl (C=O) groups excluding carboxylic acids is 1. The van der Waals surface area contributed by atoms with Gasteiger partial charge in [0.05, 0.1) is 6.04 Å². The fraction of sp³-hybridized carbons (Fsp3) is 0.500. The Labute approximate surface area is 131 Å². The topological polar surface area (TPSA) is 47.2 Å². The van der Waals surface area contributed by atoms with E-state index in [-0.39, 0.29) is 17.4 Å². The van der Waals surface area contributed by atoms with Crippen LogP contribution in [0.3, 0.4) is 0 Å². The van der Waals surface area contributed by atoms with Crippen molar-refractivity contribution in [1.29, 1.82) is 0 Å². The largest absolute Gasteiger partial charge is 0.466 e. The number of aromatic nitrogens is 1. The van der Waals surface area contributed by atoms with Crippen molar-refractivity contribution in [1.82, 2.24) is 9.88 Å². The van der Waals surface area contributed by atoms with Crippen LogP contribution >= 0.6 is 0 Å². The first-order chi connectivity index (χ1) is 10.3. The Morgan fingerprint density at radius 3 is 2.73 bits per heavy atom. The molecule has 0 radical (unpaired) electrons. The molecule has 0 aromatic carbocycles. The first kappa shape index (κ1) is 14.9. The number of aryl methyl sites for hydroxylation is 2. The summed E-state index contributed by atoms with van der Waals surface area (Å²) >= 11 is 0. The number of furan rings is 1. The van der Waals surface area contributed by atoms with Crippen molar-refractivity contribution >= 4 is 5.91 Å². The number of hydrogen-bond donors (Lipinski definition) is 1. The van der Waals surface area contributed by atoms with Crippen LogP contribution in [0.1, 0.15) is 59.6 Å². The molecule has 2 aromatic rings. The molecule has 0 spiro atoms. The van der Waals surface area contributed by atoms with Gasteiger partial charge in [0.25, 0.3) is 5.91 Å².